The number of nitrogens with one attached hydrogen (secondary N) is 2. The van der Waals surface area contributed by atoms with E-state index in [9.17, 15) is 4.79 Å². The third-order valence-corrected chi connectivity index (χ3v) is 3.05. The molecule has 0 saturated heterocycles. The smallest absolute Gasteiger partial charge is 0.240 e. The van der Waals surface area contributed by atoms with E-state index in [-0.39, 0.29) is 5.91 Å². The van der Waals surface area contributed by atoms with Crippen molar-refractivity contribution in [3.63, 3.8) is 0 Å². The Morgan fingerprint density at radius 3 is 3.00 bits per heavy atom. The Balaban J connectivity index is 1.86. The van der Waals surface area contributed by atoms with E-state index >= 15 is 0 Å². The highest BCUT2D eigenvalue weighted by molar-refractivity contribution is 5.76. The van der Waals surface area contributed by atoms with Crippen LogP contribution in [-0.4, -0.2) is 23.1 Å². The van der Waals surface area contributed by atoms with Crippen molar-refractivity contribution < 1.29 is 4.79 Å². The Kier molecular flexibility index (Phi) is 3.84. The maximum atomic E-state index is 11.6. The lowest BCUT2D eigenvalue weighted by Gasteiger charge is -2.09. The molecular weight excluding hydrogens is 214 g/mol. The summed E-state index contributed by atoms with van der Waals surface area (Å²) in [5.74, 6) is 0.116. The minimum atomic E-state index is 0.116. The van der Waals surface area contributed by atoms with Gasteiger partial charge in [0, 0.05) is 24.5 Å². The quantitative estimate of drug-likeness (QED) is 0.783. The first kappa shape index (κ1) is 12.2. The molecule has 17 heavy (non-hydrogen) atoms. The lowest BCUT2D eigenvalue weighted by Crippen LogP contribution is -2.28. The molecule has 2 N–H and O–H groups in total. The maximum Gasteiger partial charge on any atom is 0.240 e. The standard InChI is InChI=1S/C13H21N3O/c1-3-14-10(2)11-6-7-16(8-11)9-13(17)15-12-4-5-12/h6-8,10,12,14H,3-5,9H2,1-2H3,(H,15,17). The van der Waals surface area contributed by atoms with Gasteiger partial charge >= 0.3 is 0 Å². The van der Waals surface area contributed by atoms with Gasteiger partial charge in [-0.05, 0) is 37.9 Å². The van der Waals surface area contributed by atoms with Crippen molar-refractivity contribution in [1.82, 2.24) is 15.2 Å². The molecule has 0 aliphatic heterocycles. The molecule has 1 amide bonds. The Morgan fingerprint density at radius 1 is 1.59 bits per heavy atom. The topological polar surface area (TPSA) is 46.1 Å². The Labute approximate surface area is 102 Å². The Hall–Kier alpha value is -1.29. The molecule has 0 radical (unpaired) electrons. The van der Waals surface area contributed by atoms with Crippen molar-refractivity contribution in [2.45, 2.75) is 45.3 Å². The van der Waals surface area contributed by atoms with Crippen molar-refractivity contribution in [2.24, 2.45) is 0 Å². The second-order valence-electron chi connectivity index (χ2n) is 4.74. The summed E-state index contributed by atoms with van der Waals surface area (Å²) in [5.41, 5.74) is 1.23. The highest BCUT2D eigenvalue weighted by atomic mass is 16.2. The fourth-order valence-electron chi connectivity index (χ4n) is 1.90. The zero-order chi connectivity index (χ0) is 12.3. The molecule has 1 aromatic heterocycles. The molecule has 4 heteroatoms. The first-order valence-corrected chi connectivity index (χ1v) is 6.37. The van der Waals surface area contributed by atoms with E-state index in [0.29, 0.717) is 18.6 Å². The molecule has 0 aromatic carbocycles. The molecule has 0 bridgehead atoms. The van der Waals surface area contributed by atoms with Crippen LogP contribution in [0.1, 0.15) is 38.3 Å². The van der Waals surface area contributed by atoms with Crippen LogP contribution in [0.2, 0.25) is 0 Å². The molecular formula is C13H21N3O. The number of rotatable bonds is 6. The fraction of sp³-hybridized carbons (Fsp3) is 0.615. The molecule has 1 unspecified atom stereocenters. The summed E-state index contributed by atoms with van der Waals surface area (Å²) in [4.78, 5) is 11.6. The third-order valence-electron chi connectivity index (χ3n) is 3.05. The second kappa shape index (κ2) is 5.36. The van der Waals surface area contributed by atoms with E-state index in [2.05, 4.69) is 30.5 Å². The Morgan fingerprint density at radius 2 is 2.35 bits per heavy atom. The summed E-state index contributed by atoms with van der Waals surface area (Å²) in [7, 11) is 0. The first-order chi connectivity index (χ1) is 8.19. The second-order valence-corrected chi connectivity index (χ2v) is 4.74. The van der Waals surface area contributed by atoms with Gasteiger partial charge in [-0.25, -0.2) is 0 Å². The fourth-order valence-corrected chi connectivity index (χ4v) is 1.90. The molecule has 2 rings (SSSR count). The highest BCUT2D eigenvalue weighted by Crippen LogP contribution is 2.18. The van der Waals surface area contributed by atoms with E-state index < -0.39 is 0 Å². The van der Waals surface area contributed by atoms with E-state index in [0.717, 1.165) is 19.4 Å². The van der Waals surface area contributed by atoms with Crippen LogP contribution < -0.4 is 10.6 Å². The van der Waals surface area contributed by atoms with Crippen LogP contribution in [0.15, 0.2) is 18.5 Å². The zero-order valence-corrected chi connectivity index (χ0v) is 10.6. The minimum absolute atomic E-state index is 0.116. The van der Waals surface area contributed by atoms with Crippen LogP contribution in [-0.2, 0) is 11.3 Å². The normalized spacial score (nSPS) is 16.8. The van der Waals surface area contributed by atoms with Crippen LogP contribution in [0.5, 0.6) is 0 Å². The van der Waals surface area contributed by atoms with Gasteiger partial charge in [0.1, 0.15) is 6.54 Å². The third kappa shape index (κ3) is 3.60. The van der Waals surface area contributed by atoms with Crippen LogP contribution >= 0.6 is 0 Å². The van der Waals surface area contributed by atoms with Gasteiger partial charge in [-0.2, -0.15) is 0 Å². The molecule has 1 aliphatic carbocycles. The highest BCUT2D eigenvalue weighted by Gasteiger charge is 2.23. The van der Waals surface area contributed by atoms with Crippen LogP contribution in [0, 0.1) is 0 Å². The monoisotopic (exact) mass is 235 g/mol. The molecule has 0 spiro atoms. The van der Waals surface area contributed by atoms with E-state index in [1.807, 2.05) is 17.0 Å². The summed E-state index contributed by atoms with van der Waals surface area (Å²) in [6.07, 6.45) is 6.29. The van der Waals surface area contributed by atoms with Crippen molar-refractivity contribution in [1.29, 1.82) is 0 Å². The average molecular weight is 235 g/mol. The average Bonchev–Trinajstić information content (AvgIpc) is 2.95. The van der Waals surface area contributed by atoms with Gasteiger partial charge in [-0.1, -0.05) is 6.92 Å². The van der Waals surface area contributed by atoms with Gasteiger partial charge < -0.3 is 15.2 Å². The number of aromatic nitrogens is 1. The number of hydrogen-bond donors (Lipinski definition) is 2. The van der Waals surface area contributed by atoms with Crippen molar-refractivity contribution >= 4 is 5.91 Å². The van der Waals surface area contributed by atoms with Gasteiger partial charge in [0.2, 0.25) is 5.91 Å². The summed E-state index contributed by atoms with van der Waals surface area (Å²) in [6, 6.07) is 2.85. The van der Waals surface area contributed by atoms with Crippen LogP contribution in [0.3, 0.4) is 0 Å². The molecule has 1 saturated carbocycles. The molecule has 94 valence electrons. The zero-order valence-electron chi connectivity index (χ0n) is 10.6. The maximum absolute atomic E-state index is 11.6. The van der Waals surface area contributed by atoms with Gasteiger partial charge in [0.05, 0.1) is 0 Å². The lowest BCUT2D eigenvalue weighted by atomic mass is 10.2. The van der Waals surface area contributed by atoms with E-state index in [4.69, 9.17) is 0 Å². The van der Waals surface area contributed by atoms with Crippen molar-refractivity contribution in [3.05, 3.63) is 24.0 Å². The van der Waals surface area contributed by atoms with E-state index in [1.165, 1.54) is 5.56 Å². The Bertz CT molecular complexity index is 382. The van der Waals surface area contributed by atoms with Gasteiger partial charge in [-0.3, -0.25) is 4.79 Å². The predicted octanol–water partition coefficient (Wildman–Crippen LogP) is 1.44. The van der Waals surface area contributed by atoms with E-state index in [1.54, 1.807) is 0 Å². The lowest BCUT2D eigenvalue weighted by molar-refractivity contribution is -0.121. The van der Waals surface area contributed by atoms with Gasteiger partial charge in [0.25, 0.3) is 0 Å². The first-order valence-electron chi connectivity index (χ1n) is 6.37. The number of amides is 1. The van der Waals surface area contributed by atoms with Gasteiger partial charge in [0.15, 0.2) is 0 Å². The van der Waals surface area contributed by atoms with Gasteiger partial charge in [-0.15, -0.1) is 0 Å². The number of hydrogen-bond acceptors (Lipinski definition) is 2. The molecule has 1 fully saturated rings. The molecule has 1 aliphatic rings. The molecule has 1 heterocycles. The summed E-state index contributed by atoms with van der Waals surface area (Å²) in [6.45, 7) is 5.61. The minimum Gasteiger partial charge on any atom is -0.352 e. The van der Waals surface area contributed by atoms with Crippen molar-refractivity contribution in [3.8, 4) is 0 Å². The number of carbonyl (C=O) groups is 1. The summed E-state index contributed by atoms with van der Waals surface area (Å²) in [5, 5.41) is 6.35. The van der Waals surface area contributed by atoms with Crippen LogP contribution in [0.4, 0.5) is 0 Å². The number of carbonyl (C=O) groups excluding carboxylic acids is 1. The predicted molar refractivity (Wildman–Crippen MR) is 67.7 cm³/mol. The number of nitrogens with zero attached hydrogens (tertiary/aromatic N) is 1. The largest absolute Gasteiger partial charge is 0.352 e. The van der Waals surface area contributed by atoms with Crippen molar-refractivity contribution in [2.75, 3.05) is 6.54 Å². The molecule has 4 nitrogen and oxygen atoms in total. The van der Waals surface area contributed by atoms with Crippen LogP contribution in [0.25, 0.3) is 0 Å². The SMILES string of the molecule is CCNC(C)c1ccn(CC(=O)NC2CC2)c1. The molecule has 1 aromatic rings. The summed E-state index contributed by atoms with van der Waals surface area (Å²) < 4.78 is 1.95. The summed E-state index contributed by atoms with van der Waals surface area (Å²) >= 11 is 0. The molecule has 1 atom stereocenters.